The van der Waals surface area contributed by atoms with E-state index in [4.69, 9.17) is 0 Å². The molecule has 7 atom stereocenters. The van der Waals surface area contributed by atoms with Gasteiger partial charge in [0.05, 0.1) is 11.9 Å². The molecular weight excluding hydrogens is 396 g/mol. The van der Waals surface area contributed by atoms with E-state index in [-0.39, 0.29) is 33.6 Å². The van der Waals surface area contributed by atoms with Gasteiger partial charge in [-0.3, -0.25) is 9.59 Å². The molecule has 0 aliphatic heterocycles. The van der Waals surface area contributed by atoms with E-state index in [1.807, 2.05) is 6.08 Å². The van der Waals surface area contributed by atoms with Crippen LogP contribution in [0.4, 0.5) is 0 Å². The number of allylic oxidation sites excluding steroid dienone is 1. The fourth-order valence-electron chi connectivity index (χ4n) is 7.55. The number of aliphatic hydroxyl groups excluding tert-OH is 1. The lowest BCUT2D eigenvalue weighted by molar-refractivity contribution is -0.178. The first-order valence-corrected chi connectivity index (χ1v) is 12.6. The lowest BCUT2D eigenvalue weighted by atomic mass is 9.45. The largest absolute Gasteiger partial charge is 0.393 e. The third-order valence-corrected chi connectivity index (χ3v) is 10.4. The maximum absolute atomic E-state index is 13.3. The molecule has 3 saturated carbocycles. The van der Waals surface area contributed by atoms with Gasteiger partial charge in [-0.05, 0) is 67.8 Å². The first-order valence-electron chi connectivity index (χ1n) is 11.6. The van der Waals surface area contributed by atoms with Crippen LogP contribution in [0.5, 0.6) is 0 Å². The minimum atomic E-state index is -1.35. The Morgan fingerprint density at radius 1 is 1.20 bits per heavy atom. The van der Waals surface area contributed by atoms with Crippen LogP contribution in [0.3, 0.4) is 0 Å². The average molecular weight is 435 g/mol. The monoisotopic (exact) mass is 434 g/mol. The zero-order valence-corrected chi connectivity index (χ0v) is 20.0. The summed E-state index contributed by atoms with van der Waals surface area (Å²) in [7, 11) is 0. The predicted octanol–water partition coefficient (Wildman–Crippen LogP) is 4.32. The summed E-state index contributed by atoms with van der Waals surface area (Å²) in [6.07, 6.45) is 6.33. The summed E-state index contributed by atoms with van der Waals surface area (Å²) in [6, 6.07) is 0. The molecule has 0 radical (unpaired) electrons. The van der Waals surface area contributed by atoms with Crippen LogP contribution in [0.2, 0.25) is 0 Å². The van der Waals surface area contributed by atoms with Gasteiger partial charge in [0.15, 0.2) is 11.6 Å². The molecule has 0 heterocycles. The highest BCUT2D eigenvalue weighted by Gasteiger charge is 2.68. The number of thioether (sulfide) groups is 1. The molecule has 0 aromatic carbocycles. The number of hydrogen-bond donors (Lipinski definition) is 2. The summed E-state index contributed by atoms with van der Waals surface area (Å²) in [6.45, 7) is 10.6. The number of hydrogen-bond acceptors (Lipinski definition) is 5. The molecule has 4 rings (SSSR count). The van der Waals surface area contributed by atoms with Crippen molar-refractivity contribution in [3.8, 4) is 0 Å². The summed E-state index contributed by atoms with van der Waals surface area (Å²) in [4.78, 5) is 25.3. The van der Waals surface area contributed by atoms with E-state index >= 15 is 0 Å². The molecule has 0 aromatic rings. The predicted molar refractivity (Wildman–Crippen MR) is 120 cm³/mol. The fraction of sp³-hybridized carbons (Fsp3) is 0.840. The van der Waals surface area contributed by atoms with Crippen LogP contribution >= 0.6 is 11.8 Å². The molecule has 3 fully saturated rings. The van der Waals surface area contributed by atoms with Gasteiger partial charge in [-0.25, -0.2) is 0 Å². The molecule has 4 aliphatic rings. The van der Waals surface area contributed by atoms with Crippen molar-refractivity contribution >= 4 is 23.3 Å². The van der Waals surface area contributed by atoms with Crippen LogP contribution in [0.1, 0.15) is 79.6 Å². The van der Waals surface area contributed by atoms with E-state index in [2.05, 4.69) is 34.6 Å². The molecule has 0 aromatic heterocycles. The molecule has 2 N–H and O–H groups in total. The molecule has 4 aliphatic carbocycles. The Balaban J connectivity index is 1.63. The number of carbonyl (C=O) groups is 2. The summed E-state index contributed by atoms with van der Waals surface area (Å²) in [5, 5.41) is 23.1. The molecule has 0 saturated heterocycles. The third-order valence-electron chi connectivity index (χ3n) is 9.15. The molecule has 0 bridgehead atoms. The Labute approximate surface area is 185 Å². The second-order valence-corrected chi connectivity index (χ2v) is 13.6. The van der Waals surface area contributed by atoms with Gasteiger partial charge in [-0.1, -0.05) is 40.2 Å². The van der Waals surface area contributed by atoms with Crippen molar-refractivity contribution in [2.24, 2.45) is 28.6 Å². The van der Waals surface area contributed by atoms with Crippen LogP contribution in [-0.4, -0.2) is 44.0 Å². The van der Waals surface area contributed by atoms with Gasteiger partial charge in [-0.15, -0.1) is 11.8 Å². The number of carbonyl (C=O) groups excluding carboxylic acids is 2. The van der Waals surface area contributed by atoms with Crippen molar-refractivity contribution in [1.82, 2.24) is 0 Å². The maximum atomic E-state index is 13.3. The van der Waals surface area contributed by atoms with Crippen LogP contribution < -0.4 is 0 Å². The van der Waals surface area contributed by atoms with Gasteiger partial charge >= 0.3 is 0 Å². The van der Waals surface area contributed by atoms with E-state index in [1.165, 1.54) is 5.57 Å². The van der Waals surface area contributed by atoms with E-state index in [0.29, 0.717) is 30.9 Å². The Kier molecular flexibility index (Phi) is 5.39. The van der Waals surface area contributed by atoms with Crippen molar-refractivity contribution in [2.75, 3.05) is 5.75 Å². The minimum absolute atomic E-state index is 0.0266. The van der Waals surface area contributed by atoms with Crippen LogP contribution in [0.15, 0.2) is 11.6 Å². The normalized spacial score (nSPS) is 46.0. The minimum Gasteiger partial charge on any atom is -0.393 e. The van der Waals surface area contributed by atoms with Crippen molar-refractivity contribution in [1.29, 1.82) is 0 Å². The second kappa shape index (κ2) is 7.18. The van der Waals surface area contributed by atoms with E-state index in [0.717, 1.165) is 25.7 Å². The van der Waals surface area contributed by atoms with Gasteiger partial charge in [0.2, 0.25) is 0 Å². The highest BCUT2D eigenvalue weighted by Crippen LogP contribution is 2.67. The molecule has 4 unspecified atom stereocenters. The Morgan fingerprint density at radius 2 is 1.90 bits per heavy atom. The zero-order chi connectivity index (χ0) is 22.1. The van der Waals surface area contributed by atoms with E-state index in [9.17, 15) is 19.8 Å². The number of Topliss-reactive ketones (excluding diaryl/α,β-unsaturated/α-hetero) is 1. The van der Waals surface area contributed by atoms with Crippen LogP contribution in [0, 0.1) is 28.6 Å². The topological polar surface area (TPSA) is 74.6 Å². The van der Waals surface area contributed by atoms with Gasteiger partial charge < -0.3 is 10.2 Å². The molecule has 0 spiro atoms. The van der Waals surface area contributed by atoms with Gasteiger partial charge in [-0.2, -0.15) is 0 Å². The molecular formula is C25H38O4S. The summed E-state index contributed by atoms with van der Waals surface area (Å²) < 4.78 is -0.0266. The number of ketones is 2. The Bertz CT molecular complexity index is 783. The molecule has 0 amide bonds. The van der Waals surface area contributed by atoms with Crippen molar-refractivity contribution in [3.63, 3.8) is 0 Å². The molecule has 168 valence electrons. The Hall–Kier alpha value is -0.650. The first-order chi connectivity index (χ1) is 13.8. The Morgan fingerprint density at radius 3 is 2.57 bits per heavy atom. The summed E-state index contributed by atoms with van der Waals surface area (Å²) >= 11 is 1.59. The van der Waals surface area contributed by atoms with Crippen LogP contribution in [-0.2, 0) is 9.59 Å². The van der Waals surface area contributed by atoms with Crippen molar-refractivity contribution in [3.05, 3.63) is 11.6 Å². The maximum Gasteiger partial charge on any atom is 0.174 e. The zero-order valence-electron chi connectivity index (χ0n) is 19.2. The van der Waals surface area contributed by atoms with Crippen molar-refractivity contribution in [2.45, 2.75) is 96.0 Å². The van der Waals surface area contributed by atoms with Crippen molar-refractivity contribution < 1.29 is 19.8 Å². The average Bonchev–Trinajstić information content (AvgIpc) is 2.91. The third kappa shape index (κ3) is 3.26. The number of fused-ring (bicyclic) bond motifs is 5. The summed E-state index contributed by atoms with van der Waals surface area (Å²) in [5.41, 5.74) is -0.842. The van der Waals surface area contributed by atoms with E-state index in [1.54, 1.807) is 11.8 Å². The lowest BCUT2D eigenvalue weighted by Crippen LogP contribution is -2.62. The fourth-order valence-corrected chi connectivity index (χ4v) is 8.35. The highest BCUT2D eigenvalue weighted by atomic mass is 32.2. The van der Waals surface area contributed by atoms with Gasteiger partial charge in [0.25, 0.3) is 0 Å². The quantitative estimate of drug-likeness (QED) is 0.692. The molecule has 5 heteroatoms. The second-order valence-electron chi connectivity index (χ2n) is 11.8. The molecule has 30 heavy (non-hydrogen) atoms. The van der Waals surface area contributed by atoms with Gasteiger partial charge in [0.1, 0.15) is 5.60 Å². The number of rotatable bonds is 3. The highest BCUT2D eigenvalue weighted by molar-refractivity contribution is 8.01. The van der Waals surface area contributed by atoms with Gasteiger partial charge in [0, 0.05) is 16.6 Å². The first kappa shape index (κ1) is 22.5. The SMILES string of the molecule is CC(C)(C)SCC(=O)[C@@]1(O)CCC2C3CCC4=CC(=O)CC[C@]4(C)C3C(O)C[C@@]21C. The lowest BCUT2D eigenvalue weighted by Gasteiger charge is -2.60. The van der Waals surface area contributed by atoms with E-state index < -0.39 is 17.1 Å². The summed E-state index contributed by atoms with van der Waals surface area (Å²) in [5.74, 6) is 1.13. The number of aliphatic hydroxyl groups is 2. The standard InChI is InChI=1S/C25H38O4S/c1-22(2,3)30-14-20(28)25(29)11-9-18-17-7-6-15-12-16(26)8-10-23(15,4)21(17)19(27)13-24(18,25)5/h12,17-19,21,27,29H,6-11,13-14H2,1-5H3/t17?,18?,19?,21?,23-,24-,25-/m0/s1. The smallest absolute Gasteiger partial charge is 0.174 e. The van der Waals surface area contributed by atoms with Crippen LogP contribution in [0.25, 0.3) is 0 Å². The molecule has 4 nitrogen and oxygen atoms in total.